The van der Waals surface area contributed by atoms with Gasteiger partial charge in [-0.25, -0.2) is 0 Å². The van der Waals surface area contributed by atoms with Gasteiger partial charge in [0.05, 0.1) is 0 Å². The van der Waals surface area contributed by atoms with Crippen LogP contribution >= 0.6 is 0 Å². The van der Waals surface area contributed by atoms with E-state index in [4.69, 9.17) is 0 Å². The Morgan fingerprint density at radius 3 is 2.53 bits per heavy atom. The highest BCUT2D eigenvalue weighted by atomic mass is 16.4. The topological polar surface area (TPSA) is 52.8 Å². The molecule has 2 N–H and O–H groups in total. The Kier molecular flexibility index (Phi) is 3.98. The molecule has 0 saturated heterocycles. The van der Waals surface area contributed by atoms with Gasteiger partial charge in [0.1, 0.15) is 11.5 Å². The first kappa shape index (κ1) is 12.9. The fraction of sp³-hybridized carbons (Fsp3) is 0.0625. The molecular weight excluding hydrogens is 238 g/mol. The van der Waals surface area contributed by atoms with Gasteiger partial charge in [-0.05, 0) is 24.1 Å². The average Bonchev–Trinajstić information content (AvgIpc) is 2.44. The minimum Gasteiger partial charge on any atom is -0.507 e. The number of aromatic hydroxyl groups is 1. The predicted molar refractivity (Wildman–Crippen MR) is 75.9 cm³/mol. The zero-order chi connectivity index (χ0) is 13.7. The van der Waals surface area contributed by atoms with Crippen LogP contribution in [0.1, 0.15) is 16.7 Å². The van der Waals surface area contributed by atoms with Crippen LogP contribution in [-0.4, -0.2) is 16.0 Å². The predicted octanol–water partition coefficient (Wildman–Crippen LogP) is 3.35. The van der Waals surface area contributed by atoms with Crippen LogP contribution < -0.4 is 0 Å². The second-order valence-electron chi connectivity index (χ2n) is 4.16. The van der Waals surface area contributed by atoms with Crippen molar-refractivity contribution in [3.63, 3.8) is 0 Å². The number of benzene rings is 2. The Balaban J connectivity index is 2.50. The van der Waals surface area contributed by atoms with Crippen LogP contribution in [0.25, 0.3) is 0 Å². The fourth-order valence-electron chi connectivity index (χ4n) is 1.93. The summed E-state index contributed by atoms with van der Waals surface area (Å²) in [6.45, 7) is 3.69. The van der Waals surface area contributed by atoms with Gasteiger partial charge in [-0.1, -0.05) is 47.6 Å². The summed E-state index contributed by atoms with van der Waals surface area (Å²) >= 11 is 0. The lowest BCUT2D eigenvalue weighted by Gasteiger charge is -2.09. The summed E-state index contributed by atoms with van der Waals surface area (Å²) in [4.78, 5) is 0. The average molecular weight is 253 g/mol. The van der Waals surface area contributed by atoms with E-state index in [1.807, 2.05) is 36.4 Å². The van der Waals surface area contributed by atoms with Crippen molar-refractivity contribution in [3.05, 3.63) is 77.9 Å². The molecule has 3 nitrogen and oxygen atoms in total. The standard InChI is InChI=1S/C16H15NO2/c1-2-6-12-9-10-15(18)14(11-12)16(17-19)13-7-4-3-5-8-13/h2-5,7-11,18-19H,1,6H2. The smallest absolute Gasteiger partial charge is 0.125 e. The minimum absolute atomic E-state index is 0.0875. The molecular formula is C16H15NO2. The second-order valence-corrected chi connectivity index (χ2v) is 4.16. The normalized spacial score (nSPS) is 11.3. The van der Waals surface area contributed by atoms with Crippen LogP contribution in [-0.2, 0) is 6.42 Å². The quantitative estimate of drug-likeness (QED) is 0.380. The van der Waals surface area contributed by atoms with Crippen molar-refractivity contribution < 1.29 is 10.3 Å². The zero-order valence-electron chi connectivity index (χ0n) is 10.5. The van der Waals surface area contributed by atoms with Crippen LogP contribution in [0.4, 0.5) is 0 Å². The highest BCUT2D eigenvalue weighted by Crippen LogP contribution is 2.23. The molecule has 0 aliphatic carbocycles. The van der Waals surface area contributed by atoms with Crippen molar-refractivity contribution >= 4 is 5.71 Å². The summed E-state index contributed by atoms with van der Waals surface area (Å²) in [5, 5.41) is 22.5. The Bertz CT molecular complexity index is 603. The van der Waals surface area contributed by atoms with Crippen molar-refractivity contribution in [2.75, 3.05) is 0 Å². The fourth-order valence-corrected chi connectivity index (χ4v) is 1.93. The van der Waals surface area contributed by atoms with Gasteiger partial charge in [-0.15, -0.1) is 6.58 Å². The summed E-state index contributed by atoms with van der Waals surface area (Å²) < 4.78 is 0. The maximum absolute atomic E-state index is 9.95. The van der Waals surface area contributed by atoms with E-state index in [9.17, 15) is 10.3 Å². The molecule has 0 atom stereocenters. The van der Waals surface area contributed by atoms with E-state index in [1.54, 1.807) is 18.2 Å². The van der Waals surface area contributed by atoms with Gasteiger partial charge in [0.2, 0.25) is 0 Å². The number of oxime groups is 1. The molecule has 0 aliphatic heterocycles. The zero-order valence-corrected chi connectivity index (χ0v) is 10.5. The molecule has 0 unspecified atom stereocenters. The van der Waals surface area contributed by atoms with Crippen molar-refractivity contribution in [3.8, 4) is 5.75 Å². The van der Waals surface area contributed by atoms with Crippen molar-refractivity contribution in [1.82, 2.24) is 0 Å². The molecule has 2 rings (SSSR count). The number of hydrogen-bond acceptors (Lipinski definition) is 3. The third-order valence-corrected chi connectivity index (χ3v) is 2.84. The first-order chi connectivity index (χ1) is 9.26. The van der Waals surface area contributed by atoms with Crippen LogP contribution in [0, 0.1) is 0 Å². The summed E-state index contributed by atoms with van der Waals surface area (Å²) in [6.07, 6.45) is 2.48. The van der Waals surface area contributed by atoms with Gasteiger partial charge in [0.15, 0.2) is 0 Å². The van der Waals surface area contributed by atoms with E-state index in [0.717, 1.165) is 11.1 Å². The molecule has 0 aliphatic rings. The van der Waals surface area contributed by atoms with Gasteiger partial charge < -0.3 is 10.3 Å². The number of nitrogens with zero attached hydrogens (tertiary/aromatic N) is 1. The monoisotopic (exact) mass is 253 g/mol. The third-order valence-electron chi connectivity index (χ3n) is 2.84. The Hall–Kier alpha value is -2.55. The van der Waals surface area contributed by atoms with Crippen LogP contribution in [0.5, 0.6) is 5.75 Å². The van der Waals surface area contributed by atoms with Crippen molar-refractivity contribution in [2.24, 2.45) is 5.16 Å². The SMILES string of the molecule is C=CCc1ccc(O)c(C(=NO)c2ccccc2)c1. The van der Waals surface area contributed by atoms with E-state index in [0.29, 0.717) is 17.7 Å². The number of hydrogen-bond donors (Lipinski definition) is 2. The molecule has 0 spiro atoms. The summed E-state index contributed by atoms with van der Waals surface area (Å²) in [5.41, 5.74) is 2.60. The van der Waals surface area contributed by atoms with Crippen molar-refractivity contribution in [2.45, 2.75) is 6.42 Å². The largest absolute Gasteiger partial charge is 0.507 e. The molecule has 3 heteroatoms. The first-order valence-electron chi connectivity index (χ1n) is 5.97. The van der Waals surface area contributed by atoms with Crippen molar-refractivity contribution in [1.29, 1.82) is 0 Å². The highest BCUT2D eigenvalue weighted by molar-refractivity contribution is 6.14. The van der Waals surface area contributed by atoms with Crippen LogP contribution in [0.2, 0.25) is 0 Å². The highest BCUT2D eigenvalue weighted by Gasteiger charge is 2.12. The lowest BCUT2D eigenvalue weighted by Crippen LogP contribution is -2.04. The van der Waals surface area contributed by atoms with Crippen LogP contribution in [0.3, 0.4) is 0 Å². The summed E-state index contributed by atoms with van der Waals surface area (Å²) in [7, 11) is 0. The molecule has 0 amide bonds. The van der Waals surface area contributed by atoms with E-state index < -0.39 is 0 Å². The van der Waals surface area contributed by atoms with Gasteiger partial charge in [0.25, 0.3) is 0 Å². The maximum atomic E-state index is 9.95. The lowest BCUT2D eigenvalue weighted by atomic mass is 9.98. The molecule has 0 heterocycles. The molecule has 0 aromatic heterocycles. The molecule has 2 aromatic carbocycles. The number of allylic oxidation sites excluding steroid dienone is 1. The second kappa shape index (κ2) is 5.87. The number of phenols is 1. The third kappa shape index (κ3) is 2.83. The van der Waals surface area contributed by atoms with Gasteiger partial charge in [-0.2, -0.15) is 0 Å². The van der Waals surface area contributed by atoms with Gasteiger partial charge in [0, 0.05) is 11.1 Å². The number of rotatable bonds is 4. The Labute approximate surface area is 112 Å². The molecule has 0 bridgehead atoms. The summed E-state index contributed by atoms with van der Waals surface area (Å²) in [5.74, 6) is 0.0875. The summed E-state index contributed by atoms with van der Waals surface area (Å²) in [6, 6.07) is 14.5. The van der Waals surface area contributed by atoms with E-state index in [2.05, 4.69) is 11.7 Å². The molecule has 0 fully saturated rings. The van der Waals surface area contributed by atoms with E-state index in [-0.39, 0.29) is 5.75 Å². The first-order valence-corrected chi connectivity index (χ1v) is 5.97. The number of phenolic OH excluding ortho intramolecular Hbond substituents is 1. The molecule has 0 radical (unpaired) electrons. The minimum atomic E-state index is 0.0875. The lowest BCUT2D eigenvalue weighted by molar-refractivity contribution is 0.319. The molecule has 96 valence electrons. The maximum Gasteiger partial charge on any atom is 0.125 e. The van der Waals surface area contributed by atoms with Gasteiger partial charge in [-0.3, -0.25) is 0 Å². The molecule has 2 aromatic rings. The van der Waals surface area contributed by atoms with Gasteiger partial charge >= 0.3 is 0 Å². The van der Waals surface area contributed by atoms with E-state index in [1.165, 1.54) is 0 Å². The van der Waals surface area contributed by atoms with E-state index >= 15 is 0 Å². The Morgan fingerprint density at radius 2 is 1.89 bits per heavy atom. The molecule has 19 heavy (non-hydrogen) atoms. The Morgan fingerprint density at radius 1 is 1.16 bits per heavy atom. The molecule has 0 saturated carbocycles. The van der Waals surface area contributed by atoms with Crippen LogP contribution in [0.15, 0.2) is 66.3 Å².